The molecule has 1 aliphatic carbocycles. The number of hydrogen-bond acceptors (Lipinski definition) is 2. The Morgan fingerprint density at radius 1 is 1.43 bits per heavy atom. The molecule has 3 rings (SSSR count). The van der Waals surface area contributed by atoms with Crippen LogP contribution in [0.25, 0.3) is 0 Å². The number of aryl methyl sites for hydroxylation is 1. The molecule has 0 spiro atoms. The van der Waals surface area contributed by atoms with E-state index in [2.05, 4.69) is 51.1 Å². The van der Waals surface area contributed by atoms with Crippen molar-refractivity contribution in [1.82, 2.24) is 0 Å². The number of halogens is 1. The van der Waals surface area contributed by atoms with Gasteiger partial charge in [-0.25, -0.2) is 0 Å². The molecule has 2 aliphatic rings. The average Bonchev–Trinajstić information content (AvgIpc) is 2.18. The monoisotopic (exact) mass is 298 g/mol. The van der Waals surface area contributed by atoms with Crippen molar-refractivity contribution in [2.45, 2.75) is 25.3 Å². The second-order valence-electron chi connectivity index (χ2n) is 3.83. The molecule has 72 valence electrons. The number of aliphatic imine (C=N–C) groups is 1. The van der Waals surface area contributed by atoms with E-state index in [1.807, 2.05) is 0 Å². The minimum absolute atomic E-state index is 0.420. The number of nitrogens with zero attached hydrogens (tertiary/aromatic N) is 1. The van der Waals surface area contributed by atoms with Crippen molar-refractivity contribution >= 4 is 32.1 Å². The number of hydrogen-bond donors (Lipinski definition) is 1. The molecule has 1 aromatic carbocycles. The molecule has 1 heterocycles. The van der Waals surface area contributed by atoms with Crippen LogP contribution in [0.1, 0.15) is 30.0 Å². The lowest BCUT2D eigenvalue weighted by molar-refractivity contribution is 0.572. The Morgan fingerprint density at radius 2 is 2.36 bits per heavy atom. The molecule has 0 radical (unpaired) electrons. The van der Waals surface area contributed by atoms with Crippen LogP contribution in [-0.2, 0) is 6.42 Å². The second kappa shape index (κ2) is 3.22. The molecule has 1 aliphatic heterocycles. The fraction of sp³-hybridized carbons (Fsp3) is 0.364. The second-order valence-corrected chi connectivity index (χ2v) is 4.85. The van der Waals surface area contributed by atoms with Crippen molar-refractivity contribution < 1.29 is 0 Å². The predicted molar refractivity (Wildman–Crippen MR) is 67.2 cm³/mol. The molecule has 0 fully saturated rings. The Kier molecular flexibility index (Phi) is 2.00. The SMILES string of the molecule is IC1=NC2CCCc3cccc(c32)N1. The van der Waals surface area contributed by atoms with Gasteiger partial charge >= 0.3 is 0 Å². The number of benzene rings is 1. The highest BCUT2D eigenvalue weighted by atomic mass is 127. The largest absolute Gasteiger partial charge is 0.335 e. The van der Waals surface area contributed by atoms with Gasteiger partial charge < -0.3 is 5.32 Å². The number of anilines is 1. The van der Waals surface area contributed by atoms with E-state index in [0.29, 0.717) is 6.04 Å². The van der Waals surface area contributed by atoms with Gasteiger partial charge in [0, 0.05) is 11.3 Å². The van der Waals surface area contributed by atoms with E-state index < -0.39 is 0 Å². The lowest BCUT2D eigenvalue weighted by atomic mass is 9.86. The summed E-state index contributed by atoms with van der Waals surface area (Å²) in [4.78, 5) is 4.65. The Labute approximate surface area is 97.0 Å². The van der Waals surface area contributed by atoms with Crippen LogP contribution >= 0.6 is 22.6 Å². The summed E-state index contributed by atoms with van der Waals surface area (Å²) < 4.78 is 1.03. The summed E-state index contributed by atoms with van der Waals surface area (Å²) in [7, 11) is 0. The van der Waals surface area contributed by atoms with Crippen molar-refractivity contribution in [1.29, 1.82) is 0 Å². The first-order chi connectivity index (χ1) is 6.84. The van der Waals surface area contributed by atoms with Crippen molar-refractivity contribution in [2.75, 3.05) is 5.32 Å². The van der Waals surface area contributed by atoms with E-state index in [1.165, 1.54) is 36.1 Å². The van der Waals surface area contributed by atoms with Crippen molar-refractivity contribution in [2.24, 2.45) is 4.99 Å². The van der Waals surface area contributed by atoms with Gasteiger partial charge in [0.1, 0.15) is 0 Å². The maximum atomic E-state index is 4.65. The van der Waals surface area contributed by atoms with Crippen molar-refractivity contribution in [3.63, 3.8) is 0 Å². The normalized spacial score (nSPS) is 23.5. The summed E-state index contributed by atoms with van der Waals surface area (Å²) in [5.41, 5.74) is 4.20. The van der Waals surface area contributed by atoms with Crippen LogP contribution in [0.4, 0.5) is 5.69 Å². The van der Waals surface area contributed by atoms with Gasteiger partial charge in [-0.1, -0.05) is 12.1 Å². The van der Waals surface area contributed by atoms with Crippen LogP contribution in [0.2, 0.25) is 0 Å². The molecule has 14 heavy (non-hydrogen) atoms. The maximum absolute atomic E-state index is 4.65. The van der Waals surface area contributed by atoms with Gasteiger partial charge in [-0.3, -0.25) is 4.99 Å². The summed E-state index contributed by atoms with van der Waals surface area (Å²) >= 11 is 2.27. The van der Waals surface area contributed by atoms with Gasteiger partial charge in [-0.2, -0.15) is 0 Å². The zero-order valence-electron chi connectivity index (χ0n) is 7.76. The highest BCUT2D eigenvalue weighted by Gasteiger charge is 2.25. The summed E-state index contributed by atoms with van der Waals surface area (Å²) in [5, 5.41) is 3.34. The summed E-state index contributed by atoms with van der Waals surface area (Å²) in [5.74, 6) is 0. The van der Waals surface area contributed by atoms with Crippen LogP contribution in [0.15, 0.2) is 23.2 Å². The van der Waals surface area contributed by atoms with Gasteiger partial charge in [0.15, 0.2) is 3.84 Å². The molecule has 1 unspecified atom stereocenters. The third-order valence-electron chi connectivity index (χ3n) is 2.96. The Hall–Kier alpha value is -0.580. The van der Waals surface area contributed by atoms with E-state index in [-0.39, 0.29) is 0 Å². The third kappa shape index (κ3) is 1.26. The van der Waals surface area contributed by atoms with Crippen molar-refractivity contribution in [3.05, 3.63) is 29.3 Å². The van der Waals surface area contributed by atoms with Gasteiger partial charge in [0.05, 0.1) is 6.04 Å². The molecule has 1 aromatic rings. The quantitative estimate of drug-likeness (QED) is 0.577. The summed E-state index contributed by atoms with van der Waals surface area (Å²) in [6.45, 7) is 0. The average molecular weight is 298 g/mol. The first-order valence-corrected chi connectivity index (χ1v) is 6.04. The zero-order chi connectivity index (χ0) is 9.54. The first-order valence-electron chi connectivity index (χ1n) is 4.97. The van der Waals surface area contributed by atoms with Crippen LogP contribution in [-0.4, -0.2) is 3.84 Å². The van der Waals surface area contributed by atoms with Gasteiger partial charge in [-0.15, -0.1) is 0 Å². The lowest BCUT2D eigenvalue weighted by Gasteiger charge is -2.29. The molecule has 3 heteroatoms. The Morgan fingerprint density at radius 3 is 3.29 bits per heavy atom. The van der Waals surface area contributed by atoms with E-state index in [4.69, 9.17) is 0 Å². The van der Waals surface area contributed by atoms with Crippen LogP contribution in [0.5, 0.6) is 0 Å². The minimum atomic E-state index is 0.420. The van der Waals surface area contributed by atoms with Crippen LogP contribution < -0.4 is 5.32 Å². The zero-order valence-corrected chi connectivity index (χ0v) is 9.91. The predicted octanol–water partition coefficient (Wildman–Crippen LogP) is 3.28. The molecule has 1 N–H and O–H groups in total. The highest BCUT2D eigenvalue weighted by Crippen LogP contribution is 2.40. The number of rotatable bonds is 0. The first kappa shape index (κ1) is 8.71. The molecule has 2 nitrogen and oxygen atoms in total. The number of nitrogens with one attached hydrogen (secondary N) is 1. The molecular formula is C11H11IN2. The summed E-state index contributed by atoms with van der Waals surface area (Å²) in [6.07, 6.45) is 3.69. The third-order valence-corrected chi connectivity index (χ3v) is 3.51. The molecule has 0 amide bonds. The molecule has 0 aromatic heterocycles. The molecule has 1 atom stereocenters. The van der Waals surface area contributed by atoms with Crippen molar-refractivity contribution in [3.8, 4) is 0 Å². The van der Waals surface area contributed by atoms with E-state index >= 15 is 0 Å². The number of amidine groups is 1. The topological polar surface area (TPSA) is 24.4 Å². The molecule has 0 saturated carbocycles. The molecule has 0 bridgehead atoms. The molecule has 0 saturated heterocycles. The van der Waals surface area contributed by atoms with E-state index in [0.717, 1.165) is 3.84 Å². The Bertz CT molecular complexity index is 412. The lowest BCUT2D eigenvalue weighted by Crippen LogP contribution is -2.19. The Balaban J connectivity index is 2.20. The smallest absolute Gasteiger partial charge is 0.165 e. The minimum Gasteiger partial charge on any atom is -0.335 e. The molecular weight excluding hydrogens is 287 g/mol. The van der Waals surface area contributed by atoms with Gasteiger partial charge in [0.25, 0.3) is 0 Å². The van der Waals surface area contributed by atoms with E-state index in [9.17, 15) is 0 Å². The maximum Gasteiger partial charge on any atom is 0.165 e. The van der Waals surface area contributed by atoms with Crippen LogP contribution in [0.3, 0.4) is 0 Å². The van der Waals surface area contributed by atoms with E-state index in [1.54, 1.807) is 0 Å². The van der Waals surface area contributed by atoms with Gasteiger partial charge in [-0.05, 0) is 53.5 Å². The van der Waals surface area contributed by atoms with Gasteiger partial charge in [0.2, 0.25) is 0 Å². The fourth-order valence-electron chi connectivity index (χ4n) is 2.37. The fourth-order valence-corrected chi connectivity index (χ4v) is 3.00. The highest BCUT2D eigenvalue weighted by molar-refractivity contribution is 14.1. The van der Waals surface area contributed by atoms with Crippen LogP contribution in [0, 0.1) is 0 Å². The summed E-state index contributed by atoms with van der Waals surface area (Å²) in [6, 6.07) is 6.95. The standard InChI is InChI=1S/C11H11IN2/c12-11-13-8-5-1-3-7-4-2-6-9(14-11)10(7)8/h1,3,5,9H,2,4,6H2,(H,13,14).